The zero-order chi connectivity index (χ0) is 26.9. The first-order valence-electron chi connectivity index (χ1n) is 11.6. The van der Waals surface area contributed by atoms with Crippen molar-refractivity contribution in [3.63, 3.8) is 0 Å². The molecule has 36 heavy (non-hydrogen) atoms. The Morgan fingerprint density at radius 1 is 1.08 bits per heavy atom. The second kappa shape index (κ2) is 13.4. The van der Waals surface area contributed by atoms with Gasteiger partial charge < -0.3 is 19.7 Å². The van der Waals surface area contributed by atoms with Crippen LogP contribution in [0, 0.1) is 0 Å². The molecule has 2 aromatic carbocycles. The summed E-state index contributed by atoms with van der Waals surface area (Å²) in [7, 11) is -1.03. The van der Waals surface area contributed by atoms with Gasteiger partial charge in [0.05, 0.1) is 26.2 Å². The zero-order valence-electron chi connectivity index (χ0n) is 21.3. The Morgan fingerprint density at radius 3 is 2.33 bits per heavy atom. The van der Waals surface area contributed by atoms with E-state index in [1.165, 1.54) is 31.3 Å². The van der Waals surface area contributed by atoms with E-state index in [2.05, 4.69) is 5.32 Å². The lowest BCUT2D eigenvalue weighted by molar-refractivity contribution is -0.140. The predicted molar refractivity (Wildman–Crippen MR) is 141 cm³/mol. The zero-order valence-corrected chi connectivity index (χ0v) is 22.9. The predicted octanol–water partition coefficient (Wildman–Crippen LogP) is 3.46. The van der Waals surface area contributed by atoms with E-state index >= 15 is 0 Å². The van der Waals surface area contributed by atoms with Crippen molar-refractivity contribution in [2.24, 2.45) is 0 Å². The molecule has 0 aliphatic carbocycles. The van der Waals surface area contributed by atoms with Crippen LogP contribution in [0.4, 0.5) is 5.69 Å². The van der Waals surface area contributed by atoms with Gasteiger partial charge in [0.2, 0.25) is 21.8 Å². The molecule has 0 saturated carbocycles. The molecule has 0 radical (unpaired) electrons. The number of sulfonamides is 1. The van der Waals surface area contributed by atoms with Crippen molar-refractivity contribution in [3.8, 4) is 11.5 Å². The summed E-state index contributed by atoms with van der Waals surface area (Å²) in [5, 5.41) is 3.27. The third-order valence-corrected chi connectivity index (χ3v) is 7.06. The Labute approximate surface area is 218 Å². The first kappa shape index (κ1) is 29.3. The molecule has 198 valence electrons. The minimum atomic E-state index is -3.91. The van der Waals surface area contributed by atoms with Crippen LogP contribution in [0.25, 0.3) is 0 Å². The number of nitrogens with one attached hydrogen (secondary N) is 1. The molecule has 2 rings (SSSR count). The van der Waals surface area contributed by atoms with Crippen LogP contribution in [0.5, 0.6) is 11.5 Å². The fraction of sp³-hybridized carbons (Fsp3) is 0.440. The van der Waals surface area contributed by atoms with Crippen LogP contribution < -0.4 is 19.1 Å². The molecule has 1 atom stereocenters. The van der Waals surface area contributed by atoms with Crippen LogP contribution in [0.1, 0.15) is 32.3 Å². The molecular weight excluding hydrogens is 506 g/mol. The van der Waals surface area contributed by atoms with Crippen LogP contribution in [0.2, 0.25) is 5.02 Å². The highest BCUT2D eigenvalue weighted by Crippen LogP contribution is 2.34. The first-order chi connectivity index (χ1) is 17.1. The van der Waals surface area contributed by atoms with Crippen molar-refractivity contribution in [1.29, 1.82) is 0 Å². The molecule has 2 aromatic rings. The molecule has 1 N–H and O–H groups in total. The number of benzene rings is 2. The average Bonchev–Trinajstić information content (AvgIpc) is 2.85. The highest BCUT2D eigenvalue weighted by molar-refractivity contribution is 7.92. The molecule has 0 heterocycles. The van der Waals surface area contributed by atoms with E-state index in [9.17, 15) is 18.0 Å². The normalized spacial score (nSPS) is 11.9. The molecule has 2 amide bonds. The highest BCUT2D eigenvalue weighted by atomic mass is 35.5. The molecule has 11 heteroatoms. The molecule has 0 aliphatic rings. The molecule has 9 nitrogen and oxygen atoms in total. The number of ether oxygens (including phenoxy) is 2. The second-order valence-electron chi connectivity index (χ2n) is 8.14. The van der Waals surface area contributed by atoms with E-state index in [4.69, 9.17) is 21.1 Å². The largest absolute Gasteiger partial charge is 0.497 e. The molecule has 0 fully saturated rings. The topological polar surface area (TPSA) is 105 Å². The number of hydrogen-bond acceptors (Lipinski definition) is 6. The van der Waals surface area contributed by atoms with Crippen LogP contribution in [-0.4, -0.2) is 64.7 Å². The Bertz CT molecular complexity index is 1160. The maximum absolute atomic E-state index is 13.7. The molecule has 0 aliphatic heterocycles. The van der Waals surface area contributed by atoms with Crippen molar-refractivity contribution < 1.29 is 27.5 Å². The van der Waals surface area contributed by atoms with Gasteiger partial charge in [0, 0.05) is 24.2 Å². The highest BCUT2D eigenvalue weighted by Gasteiger charge is 2.32. The molecule has 0 saturated heterocycles. The maximum atomic E-state index is 13.7. The van der Waals surface area contributed by atoms with Crippen molar-refractivity contribution in [1.82, 2.24) is 10.2 Å². The number of hydrogen-bond donors (Lipinski definition) is 1. The summed E-state index contributed by atoms with van der Waals surface area (Å²) in [4.78, 5) is 28.1. The van der Waals surface area contributed by atoms with Gasteiger partial charge in [0.1, 0.15) is 24.1 Å². The fourth-order valence-corrected chi connectivity index (χ4v) is 4.73. The van der Waals surface area contributed by atoms with Gasteiger partial charge in [-0.05, 0) is 36.6 Å². The minimum absolute atomic E-state index is 0.0356. The van der Waals surface area contributed by atoms with Crippen molar-refractivity contribution in [2.45, 2.75) is 39.3 Å². The summed E-state index contributed by atoms with van der Waals surface area (Å²) >= 11 is 6.35. The van der Waals surface area contributed by atoms with E-state index in [1.807, 2.05) is 6.92 Å². The molecule has 0 spiro atoms. The molecule has 0 aromatic heterocycles. The summed E-state index contributed by atoms with van der Waals surface area (Å²) in [6.07, 6.45) is 2.07. The van der Waals surface area contributed by atoms with E-state index < -0.39 is 28.5 Å². The third-order valence-electron chi connectivity index (χ3n) is 5.57. The van der Waals surface area contributed by atoms with Gasteiger partial charge in [-0.2, -0.15) is 0 Å². The Balaban J connectivity index is 2.51. The first-order valence-corrected chi connectivity index (χ1v) is 13.8. The summed E-state index contributed by atoms with van der Waals surface area (Å²) in [6.45, 7) is 3.68. The summed E-state index contributed by atoms with van der Waals surface area (Å²) in [6, 6.07) is 10.8. The summed E-state index contributed by atoms with van der Waals surface area (Å²) in [5.41, 5.74) is 0.817. The molecular formula is C25H34ClN3O6S. The van der Waals surface area contributed by atoms with E-state index in [0.29, 0.717) is 29.3 Å². The maximum Gasteiger partial charge on any atom is 0.244 e. The van der Waals surface area contributed by atoms with Gasteiger partial charge >= 0.3 is 0 Å². The molecule has 0 bridgehead atoms. The van der Waals surface area contributed by atoms with Crippen LogP contribution in [-0.2, 0) is 26.2 Å². The smallest absolute Gasteiger partial charge is 0.244 e. The van der Waals surface area contributed by atoms with Gasteiger partial charge in [0.15, 0.2) is 0 Å². The lowest BCUT2D eigenvalue weighted by atomic mass is 10.1. The van der Waals surface area contributed by atoms with Gasteiger partial charge in [-0.25, -0.2) is 8.42 Å². The van der Waals surface area contributed by atoms with Crippen LogP contribution in [0.3, 0.4) is 0 Å². The van der Waals surface area contributed by atoms with Gasteiger partial charge in [0.25, 0.3) is 0 Å². The Morgan fingerprint density at radius 2 is 1.78 bits per heavy atom. The van der Waals surface area contributed by atoms with Crippen molar-refractivity contribution in [2.75, 3.05) is 37.9 Å². The number of amides is 2. The third kappa shape index (κ3) is 7.51. The van der Waals surface area contributed by atoms with Crippen molar-refractivity contribution in [3.05, 3.63) is 53.1 Å². The van der Waals surface area contributed by atoms with E-state index in [-0.39, 0.29) is 23.9 Å². The number of carbonyl (C=O) groups is 2. The number of carbonyl (C=O) groups excluding carboxylic acids is 2. The standard InChI is InChI=1S/C25H34ClN3O6S/c1-6-14-27-25(31)21(7-2)28(16-18-10-8-9-11-20(18)26)24(30)17-29(36(5,32)33)22-13-12-19(34-3)15-23(22)35-4/h8-13,15,21H,6-7,14,16-17H2,1-5H3,(H,27,31)/t21-/m1/s1. The van der Waals surface area contributed by atoms with Gasteiger partial charge in [-0.1, -0.05) is 43.6 Å². The van der Waals surface area contributed by atoms with E-state index in [0.717, 1.165) is 17.0 Å². The van der Waals surface area contributed by atoms with E-state index in [1.54, 1.807) is 37.3 Å². The number of methoxy groups -OCH3 is 2. The minimum Gasteiger partial charge on any atom is -0.497 e. The lowest BCUT2D eigenvalue weighted by Gasteiger charge is -2.33. The number of rotatable bonds is 13. The number of halogens is 1. The SMILES string of the molecule is CCCNC(=O)[C@@H](CC)N(Cc1ccccc1Cl)C(=O)CN(c1ccc(OC)cc1OC)S(C)(=O)=O. The van der Waals surface area contributed by atoms with Crippen LogP contribution in [0.15, 0.2) is 42.5 Å². The van der Waals surface area contributed by atoms with Crippen molar-refractivity contribution >= 4 is 39.1 Å². The second-order valence-corrected chi connectivity index (χ2v) is 10.4. The van der Waals surface area contributed by atoms with Gasteiger partial charge in [-0.3, -0.25) is 13.9 Å². The van der Waals surface area contributed by atoms with Gasteiger partial charge in [-0.15, -0.1) is 0 Å². The summed E-state index contributed by atoms with van der Waals surface area (Å²) in [5.74, 6) is -0.184. The fourth-order valence-electron chi connectivity index (χ4n) is 3.68. The Hall–Kier alpha value is -2.98. The monoisotopic (exact) mass is 539 g/mol. The number of nitrogens with zero attached hydrogens (tertiary/aromatic N) is 2. The van der Waals surface area contributed by atoms with Crippen LogP contribution >= 0.6 is 11.6 Å². The Kier molecular flexibility index (Phi) is 10.9. The molecule has 0 unspecified atom stereocenters. The average molecular weight is 540 g/mol. The number of anilines is 1. The quantitative estimate of drug-likeness (QED) is 0.418. The summed E-state index contributed by atoms with van der Waals surface area (Å²) < 4.78 is 37.2. The lowest BCUT2D eigenvalue weighted by Crippen LogP contribution is -2.52.